The zero-order valence-corrected chi connectivity index (χ0v) is 10.4. The van der Waals surface area contributed by atoms with Crippen LogP contribution in [0.4, 0.5) is 17.1 Å². The Hall–Kier alpha value is -2.36. The molecule has 4 heteroatoms. The van der Waals surface area contributed by atoms with Gasteiger partial charge in [-0.05, 0) is 49.2 Å². The minimum Gasteiger partial charge on any atom is -0.204 e. The van der Waals surface area contributed by atoms with Crippen LogP contribution in [0, 0.1) is 19.4 Å². The van der Waals surface area contributed by atoms with Crippen molar-refractivity contribution in [1.82, 2.24) is 0 Å². The summed E-state index contributed by atoms with van der Waals surface area (Å²) < 4.78 is 0. The van der Waals surface area contributed by atoms with Crippen molar-refractivity contribution in [3.8, 4) is 0 Å². The number of rotatable bonds is 3. The molecule has 0 aliphatic heterocycles. The lowest BCUT2D eigenvalue weighted by atomic mass is 10.2. The zero-order valence-electron chi connectivity index (χ0n) is 10.4. The van der Waals surface area contributed by atoms with E-state index in [0.29, 0.717) is 5.69 Å². The Bertz CT molecular complexity index is 602. The van der Waals surface area contributed by atoms with Gasteiger partial charge in [0.1, 0.15) is 0 Å². The summed E-state index contributed by atoms with van der Waals surface area (Å²) in [6, 6.07) is 13.3. The fourth-order valence-electron chi connectivity index (χ4n) is 1.61. The molecule has 0 unspecified atom stereocenters. The fraction of sp³-hybridized carbons (Fsp3) is 0.143. The van der Waals surface area contributed by atoms with Crippen LogP contribution in [0.15, 0.2) is 57.8 Å². The molecule has 18 heavy (non-hydrogen) atoms. The maximum absolute atomic E-state index is 6.99. The average Bonchev–Trinajstić information content (AvgIpc) is 2.38. The smallest absolute Gasteiger partial charge is 0.0886 e. The summed E-state index contributed by atoms with van der Waals surface area (Å²) in [6.45, 7) is 3.90. The maximum atomic E-state index is 6.99. The molecule has 0 aromatic heterocycles. The predicted octanol–water partition coefficient (Wildman–Crippen LogP) is 5.38. The van der Waals surface area contributed by atoms with Gasteiger partial charge in [-0.15, -0.1) is 0 Å². The first kappa shape index (κ1) is 12.1. The number of nitrogens with zero attached hydrogens (tertiary/aromatic N) is 3. The Morgan fingerprint density at radius 2 is 1.61 bits per heavy atom. The SMILES string of the molecule is Cc1cc(N=Nc2ccccc2C)ccc1N=N. The van der Waals surface area contributed by atoms with Crippen LogP contribution in [0.3, 0.4) is 0 Å². The number of hydrogen-bond donors (Lipinski definition) is 1. The molecule has 0 bridgehead atoms. The second-order valence-electron chi connectivity index (χ2n) is 4.07. The van der Waals surface area contributed by atoms with E-state index in [1.807, 2.05) is 50.2 Å². The van der Waals surface area contributed by atoms with Crippen LogP contribution in [-0.4, -0.2) is 0 Å². The van der Waals surface area contributed by atoms with Crippen molar-refractivity contribution in [2.75, 3.05) is 0 Å². The van der Waals surface area contributed by atoms with Crippen LogP contribution in [0.2, 0.25) is 0 Å². The minimum atomic E-state index is 0.657. The Labute approximate surface area is 106 Å². The number of benzene rings is 2. The highest BCUT2D eigenvalue weighted by atomic mass is 15.1. The third-order valence-electron chi connectivity index (χ3n) is 2.69. The molecule has 4 nitrogen and oxygen atoms in total. The van der Waals surface area contributed by atoms with Gasteiger partial charge in [-0.3, -0.25) is 0 Å². The van der Waals surface area contributed by atoms with Crippen LogP contribution in [0.25, 0.3) is 0 Å². The highest BCUT2D eigenvalue weighted by Crippen LogP contribution is 2.26. The highest BCUT2D eigenvalue weighted by molar-refractivity contribution is 5.53. The molecular formula is C14H14N4. The van der Waals surface area contributed by atoms with Crippen LogP contribution >= 0.6 is 0 Å². The summed E-state index contributed by atoms with van der Waals surface area (Å²) in [7, 11) is 0. The van der Waals surface area contributed by atoms with E-state index in [9.17, 15) is 0 Å². The predicted molar refractivity (Wildman–Crippen MR) is 71.3 cm³/mol. The highest BCUT2D eigenvalue weighted by Gasteiger charge is 1.98. The second kappa shape index (κ2) is 5.31. The third kappa shape index (κ3) is 2.66. The van der Waals surface area contributed by atoms with Crippen molar-refractivity contribution in [3.05, 3.63) is 53.6 Å². The van der Waals surface area contributed by atoms with E-state index < -0.39 is 0 Å². The number of nitrogens with one attached hydrogen (secondary N) is 1. The first-order valence-electron chi connectivity index (χ1n) is 5.66. The topological polar surface area (TPSA) is 60.9 Å². The van der Waals surface area contributed by atoms with E-state index in [-0.39, 0.29) is 0 Å². The summed E-state index contributed by atoms with van der Waals surface area (Å²) in [5.41, 5.74) is 11.3. The first-order valence-corrected chi connectivity index (χ1v) is 5.66. The van der Waals surface area contributed by atoms with Crippen molar-refractivity contribution < 1.29 is 0 Å². The van der Waals surface area contributed by atoms with E-state index in [1.54, 1.807) is 6.07 Å². The minimum absolute atomic E-state index is 0.657. The quantitative estimate of drug-likeness (QED) is 0.698. The van der Waals surface area contributed by atoms with Gasteiger partial charge in [-0.2, -0.15) is 15.3 Å². The lowest BCUT2D eigenvalue weighted by Gasteiger charge is -2.00. The van der Waals surface area contributed by atoms with E-state index in [4.69, 9.17) is 5.53 Å². The van der Waals surface area contributed by atoms with E-state index in [1.165, 1.54) is 0 Å². The molecule has 2 aromatic carbocycles. The van der Waals surface area contributed by atoms with E-state index >= 15 is 0 Å². The lowest BCUT2D eigenvalue weighted by molar-refractivity contribution is 1.13. The van der Waals surface area contributed by atoms with Gasteiger partial charge < -0.3 is 0 Å². The van der Waals surface area contributed by atoms with Gasteiger partial charge >= 0.3 is 0 Å². The fourth-order valence-corrected chi connectivity index (χ4v) is 1.61. The van der Waals surface area contributed by atoms with Gasteiger partial charge in [0, 0.05) is 0 Å². The molecule has 90 valence electrons. The summed E-state index contributed by atoms with van der Waals surface area (Å²) >= 11 is 0. The van der Waals surface area contributed by atoms with Crippen molar-refractivity contribution >= 4 is 17.1 Å². The molecule has 0 radical (unpaired) electrons. The van der Waals surface area contributed by atoms with Crippen LogP contribution in [0.1, 0.15) is 11.1 Å². The molecule has 0 spiro atoms. The largest absolute Gasteiger partial charge is 0.204 e. The lowest BCUT2D eigenvalue weighted by Crippen LogP contribution is -1.74. The van der Waals surface area contributed by atoms with Crippen LogP contribution in [0.5, 0.6) is 0 Å². The maximum Gasteiger partial charge on any atom is 0.0886 e. The van der Waals surface area contributed by atoms with Gasteiger partial charge in [-0.1, -0.05) is 18.2 Å². The molecule has 2 rings (SSSR count). The summed E-state index contributed by atoms with van der Waals surface area (Å²) in [5.74, 6) is 0. The molecule has 0 fully saturated rings. The Balaban J connectivity index is 2.27. The molecule has 0 atom stereocenters. The van der Waals surface area contributed by atoms with Gasteiger partial charge in [0.05, 0.1) is 17.1 Å². The molecule has 0 saturated carbocycles. The molecule has 0 amide bonds. The molecule has 0 aliphatic carbocycles. The van der Waals surface area contributed by atoms with Crippen LogP contribution in [-0.2, 0) is 0 Å². The number of aryl methyl sites for hydroxylation is 2. The molecule has 0 saturated heterocycles. The van der Waals surface area contributed by atoms with Crippen molar-refractivity contribution in [2.45, 2.75) is 13.8 Å². The monoisotopic (exact) mass is 238 g/mol. The van der Waals surface area contributed by atoms with Crippen LogP contribution < -0.4 is 0 Å². The van der Waals surface area contributed by atoms with E-state index in [0.717, 1.165) is 22.5 Å². The van der Waals surface area contributed by atoms with Gasteiger partial charge in [-0.25, -0.2) is 5.53 Å². The molecule has 0 heterocycles. The first-order chi connectivity index (χ1) is 8.70. The van der Waals surface area contributed by atoms with E-state index in [2.05, 4.69) is 15.3 Å². The summed E-state index contributed by atoms with van der Waals surface area (Å²) in [6.07, 6.45) is 0. The Morgan fingerprint density at radius 3 is 2.28 bits per heavy atom. The van der Waals surface area contributed by atoms with Gasteiger partial charge in [0.2, 0.25) is 0 Å². The average molecular weight is 238 g/mol. The molecule has 2 aromatic rings. The Morgan fingerprint density at radius 1 is 0.833 bits per heavy atom. The number of hydrogen-bond acceptors (Lipinski definition) is 4. The normalized spacial score (nSPS) is 10.8. The third-order valence-corrected chi connectivity index (χ3v) is 2.69. The molecule has 1 N–H and O–H groups in total. The summed E-state index contributed by atoms with van der Waals surface area (Å²) in [5, 5.41) is 11.8. The summed E-state index contributed by atoms with van der Waals surface area (Å²) in [4.78, 5) is 0. The number of azo groups is 1. The van der Waals surface area contributed by atoms with Gasteiger partial charge in [0.25, 0.3) is 0 Å². The van der Waals surface area contributed by atoms with Crippen molar-refractivity contribution in [2.24, 2.45) is 15.3 Å². The standard InChI is InChI=1S/C14H14N4/c1-10-5-3-4-6-14(10)18-17-12-7-8-13(16-15)11(2)9-12/h3-9,15H,1-2H3. The van der Waals surface area contributed by atoms with Crippen molar-refractivity contribution in [1.29, 1.82) is 5.53 Å². The zero-order chi connectivity index (χ0) is 13.0. The molecular weight excluding hydrogens is 224 g/mol. The van der Waals surface area contributed by atoms with Crippen molar-refractivity contribution in [3.63, 3.8) is 0 Å². The molecule has 0 aliphatic rings. The second-order valence-corrected chi connectivity index (χ2v) is 4.07. The Kier molecular flexibility index (Phi) is 3.57. The van der Waals surface area contributed by atoms with Gasteiger partial charge in [0.15, 0.2) is 0 Å².